The fourth-order valence-corrected chi connectivity index (χ4v) is 3.28. The van der Waals surface area contributed by atoms with Gasteiger partial charge in [-0.25, -0.2) is 4.79 Å². The Labute approximate surface area is 148 Å². The predicted molar refractivity (Wildman–Crippen MR) is 94.9 cm³/mol. The first-order chi connectivity index (χ1) is 11.1. The topological polar surface area (TPSA) is 80.5 Å². The second kappa shape index (κ2) is 6.86. The highest BCUT2D eigenvalue weighted by Gasteiger charge is 2.44. The number of nitrogens with one attached hydrogen (secondary N) is 1. The highest BCUT2D eigenvalue weighted by molar-refractivity contribution is 6.31. The Morgan fingerprint density at radius 2 is 2.25 bits per heavy atom. The molecule has 0 aliphatic carbocycles. The predicted octanol–water partition coefficient (Wildman–Crippen LogP) is 2.64. The average molecular weight is 355 g/mol. The molecule has 0 aromatic carbocycles. The fraction of sp³-hybridized carbons (Fsp3) is 0.647. The Morgan fingerprint density at radius 1 is 1.58 bits per heavy atom. The molecular weight excluding hydrogens is 328 g/mol. The number of halogens is 1. The smallest absolute Gasteiger partial charge is 0.411 e. The van der Waals surface area contributed by atoms with E-state index in [1.54, 1.807) is 11.1 Å². The summed E-state index contributed by atoms with van der Waals surface area (Å²) in [5.74, 6) is 0. The first kappa shape index (κ1) is 19.0. The maximum Gasteiger partial charge on any atom is 0.411 e. The van der Waals surface area contributed by atoms with Crippen LogP contribution in [0.15, 0.2) is 12.3 Å². The average Bonchev–Trinajstić information content (AvgIpc) is 2.45. The molecule has 1 saturated heterocycles. The van der Waals surface area contributed by atoms with Crippen LogP contribution < -0.4 is 11.1 Å². The third-order valence-corrected chi connectivity index (χ3v) is 4.53. The minimum atomic E-state index is -0.607. The molecular formula is C17H27ClN4O2. The SMILES string of the molecule is CC1CNCC(C)(c2cnc(CN)c(Cl)c2)N1C(=O)OC(C)(C)C. The van der Waals surface area contributed by atoms with Crippen LogP contribution in [-0.2, 0) is 16.8 Å². The Balaban J connectivity index is 2.42. The molecule has 2 rings (SSSR count). The van der Waals surface area contributed by atoms with Crippen molar-refractivity contribution in [3.8, 4) is 0 Å². The third-order valence-electron chi connectivity index (χ3n) is 4.20. The molecule has 1 fully saturated rings. The van der Waals surface area contributed by atoms with E-state index >= 15 is 0 Å². The van der Waals surface area contributed by atoms with Crippen molar-refractivity contribution < 1.29 is 9.53 Å². The lowest BCUT2D eigenvalue weighted by Gasteiger charge is -2.49. The Morgan fingerprint density at radius 3 is 2.79 bits per heavy atom. The van der Waals surface area contributed by atoms with E-state index in [1.165, 1.54) is 0 Å². The van der Waals surface area contributed by atoms with Gasteiger partial charge in [0.05, 0.1) is 16.3 Å². The van der Waals surface area contributed by atoms with Gasteiger partial charge in [-0.3, -0.25) is 9.88 Å². The third kappa shape index (κ3) is 3.82. The van der Waals surface area contributed by atoms with Crippen LogP contribution in [0.2, 0.25) is 5.02 Å². The number of ether oxygens (including phenoxy) is 1. The zero-order valence-electron chi connectivity index (χ0n) is 15.0. The summed E-state index contributed by atoms with van der Waals surface area (Å²) in [5, 5.41) is 3.89. The summed E-state index contributed by atoms with van der Waals surface area (Å²) >= 11 is 6.28. The fourth-order valence-electron chi connectivity index (χ4n) is 3.03. The van der Waals surface area contributed by atoms with Gasteiger partial charge in [0, 0.05) is 31.9 Å². The number of pyridine rings is 1. The lowest BCUT2D eigenvalue weighted by atomic mass is 9.87. The summed E-state index contributed by atoms with van der Waals surface area (Å²) in [6, 6.07) is 1.82. The van der Waals surface area contributed by atoms with Crippen molar-refractivity contribution in [1.82, 2.24) is 15.2 Å². The molecule has 0 bridgehead atoms. The molecule has 7 heteroatoms. The highest BCUT2D eigenvalue weighted by atomic mass is 35.5. The van der Waals surface area contributed by atoms with E-state index in [4.69, 9.17) is 22.1 Å². The van der Waals surface area contributed by atoms with Crippen molar-refractivity contribution >= 4 is 17.7 Å². The van der Waals surface area contributed by atoms with Gasteiger partial charge in [-0.05, 0) is 46.2 Å². The molecule has 0 saturated carbocycles. The standard InChI is InChI=1S/C17H27ClN4O2/c1-11-8-20-10-17(5,22(11)15(23)24-16(2,3)4)12-6-13(18)14(7-19)21-9-12/h6,9,11,20H,7-8,10,19H2,1-5H3. The van der Waals surface area contributed by atoms with E-state index in [-0.39, 0.29) is 18.7 Å². The molecule has 2 unspecified atom stereocenters. The number of nitrogens with zero attached hydrogens (tertiary/aromatic N) is 2. The second-order valence-electron chi connectivity index (χ2n) is 7.46. The van der Waals surface area contributed by atoms with Gasteiger partial charge in [0.15, 0.2) is 0 Å². The van der Waals surface area contributed by atoms with Crippen LogP contribution >= 0.6 is 11.6 Å². The number of carbonyl (C=O) groups excluding carboxylic acids is 1. The number of piperazine rings is 1. The molecule has 0 spiro atoms. The Bertz CT molecular complexity index is 617. The van der Waals surface area contributed by atoms with E-state index < -0.39 is 11.1 Å². The van der Waals surface area contributed by atoms with Gasteiger partial charge in [0.25, 0.3) is 0 Å². The summed E-state index contributed by atoms with van der Waals surface area (Å²) < 4.78 is 5.63. The quantitative estimate of drug-likeness (QED) is 0.853. The van der Waals surface area contributed by atoms with Crippen molar-refractivity contribution in [1.29, 1.82) is 0 Å². The van der Waals surface area contributed by atoms with Gasteiger partial charge in [-0.2, -0.15) is 0 Å². The molecule has 1 aromatic heterocycles. The molecule has 1 aromatic rings. The summed E-state index contributed by atoms with van der Waals surface area (Å²) in [4.78, 5) is 19.0. The molecule has 3 N–H and O–H groups in total. The van der Waals surface area contributed by atoms with Gasteiger partial charge in [-0.1, -0.05) is 11.6 Å². The minimum absolute atomic E-state index is 0.0217. The monoisotopic (exact) mass is 354 g/mol. The molecule has 134 valence electrons. The van der Waals surface area contributed by atoms with Crippen LogP contribution in [0, 0.1) is 0 Å². The van der Waals surface area contributed by atoms with Gasteiger partial charge in [-0.15, -0.1) is 0 Å². The van der Waals surface area contributed by atoms with Gasteiger partial charge in [0.1, 0.15) is 5.60 Å². The normalized spacial score (nSPS) is 24.8. The molecule has 2 heterocycles. The minimum Gasteiger partial charge on any atom is -0.444 e. The van der Waals surface area contributed by atoms with Gasteiger partial charge < -0.3 is 15.8 Å². The van der Waals surface area contributed by atoms with Crippen LogP contribution in [0.25, 0.3) is 0 Å². The second-order valence-corrected chi connectivity index (χ2v) is 7.87. The molecule has 2 atom stereocenters. The number of hydrogen-bond acceptors (Lipinski definition) is 5. The number of nitrogens with two attached hydrogens (primary N) is 1. The van der Waals surface area contributed by atoms with Gasteiger partial charge >= 0.3 is 6.09 Å². The maximum atomic E-state index is 12.8. The van der Waals surface area contributed by atoms with E-state index in [2.05, 4.69) is 10.3 Å². The van der Waals surface area contributed by atoms with Crippen molar-refractivity contribution in [2.75, 3.05) is 13.1 Å². The van der Waals surface area contributed by atoms with Crippen LogP contribution in [0.1, 0.15) is 45.9 Å². The summed E-state index contributed by atoms with van der Waals surface area (Å²) in [6.45, 7) is 11.2. The lowest BCUT2D eigenvalue weighted by molar-refractivity contribution is -0.0243. The number of aromatic nitrogens is 1. The lowest BCUT2D eigenvalue weighted by Crippen LogP contribution is -2.64. The van der Waals surface area contributed by atoms with Crippen LogP contribution in [0.3, 0.4) is 0 Å². The molecule has 0 radical (unpaired) electrons. The number of carbonyl (C=O) groups is 1. The van der Waals surface area contributed by atoms with Crippen molar-refractivity contribution in [2.24, 2.45) is 5.73 Å². The number of amides is 1. The zero-order chi connectivity index (χ0) is 18.1. The number of rotatable bonds is 2. The van der Waals surface area contributed by atoms with Gasteiger partial charge in [0.2, 0.25) is 0 Å². The first-order valence-corrected chi connectivity index (χ1v) is 8.54. The van der Waals surface area contributed by atoms with E-state index in [0.29, 0.717) is 23.8 Å². The summed E-state index contributed by atoms with van der Waals surface area (Å²) in [7, 11) is 0. The van der Waals surface area contributed by atoms with Crippen molar-refractivity contribution in [3.63, 3.8) is 0 Å². The highest BCUT2D eigenvalue weighted by Crippen LogP contribution is 2.34. The van der Waals surface area contributed by atoms with E-state index in [1.807, 2.05) is 40.7 Å². The molecule has 24 heavy (non-hydrogen) atoms. The molecule has 1 aliphatic rings. The van der Waals surface area contributed by atoms with Crippen LogP contribution in [-0.4, -0.2) is 40.7 Å². The van der Waals surface area contributed by atoms with Crippen molar-refractivity contribution in [2.45, 2.75) is 58.3 Å². The number of hydrogen-bond donors (Lipinski definition) is 2. The maximum absolute atomic E-state index is 12.8. The van der Waals surface area contributed by atoms with Crippen molar-refractivity contribution in [3.05, 3.63) is 28.5 Å². The van der Waals surface area contributed by atoms with E-state index in [9.17, 15) is 4.79 Å². The Hall–Kier alpha value is -1.37. The van der Waals surface area contributed by atoms with E-state index in [0.717, 1.165) is 5.56 Å². The zero-order valence-corrected chi connectivity index (χ0v) is 15.8. The van der Waals surface area contributed by atoms with Crippen LogP contribution in [0.4, 0.5) is 4.79 Å². The molecule has 1 amide bonds. The molecule has 1 aliphatic heterocycles. The first-order valence-electron chi connectivity index (χ1n) is 8.16. The summed E-state index contributed by atoms with van der Waals surface area (Å²) in [6.07, 6.45) is 1.41. The molecule has 6 nitrogen and oxygen atoms in total. The largest absolute Gasteiger partial charge is 0.444 e. The summed E-state index contributed by atoms with van der Waals surface area (Å²) in [5.41, 5.74) is 5.97. The van der Waals surface area contributed by atoms with Crippen LogP contribution in [0.5, 0.6) is 0 Å². The Kier molecular flexibility index (Phi) is 5.42.